The Kier molecular flexibility index (Phi) is 6.33. The largest absolute Gasteiger partial charge is 0.591 e. The molecule has 1 fully saturated rings. The standard InChI is InChI=1S/C16H30N2O3S/c1-12(17-22(20)16(5,6)7)13-8-10-18(11-9-13)14(19)21-15(2,3)4/h13H,8-11H2,1-7H3. The topological polar surface area (TPSA) is 65.0 Å². The molecule has 5 nitrogen and oxygen atoms in total. The van der Waals surface area contributed by atoms with Gasteiger partial charge in [-0.05, 0) is 61.3 Å². The Balaban J connectivity index is 2.55. The monoisotopic (exact) mass is 330 g/mol. The average Bonchev–Trinajstić information content (AvgIpc) is 2.35. The number of rotatable bonds is 2. The summed E-state index contributed by atoms with van der Waals surface area (Å²) in [5.74, 6) is 0.296. The first-order valence-corrected chi connectivity index (χ1v) is 8.96. The number of ether oxygens (including phenoxy) is 1. The third-order valence-electron chi connectivity index (χ3n) is 3.49. The molecule has 1 aliphatic rings. The first-order valence-electron chi connectivity index (χ1n) is 7.85. The maximum absolute atomic E-state index is 12.1. The van der Waals surface area contributed by atoms with E-state index in [9.17, 15) is 9.35 Å². The van der Waals surface area contributed by atoms with Crippen LogP contribution in [-0.2, 0) is 16.1 Å². The first-order chi connectivity index (χ1) is 9.90. The summed E-state index contributed by atoms with van der Waals surface area (Å²) in [6.45, 7) is 14.6. The van der Waals surface area contributed by atoms with Gasteiger partial charge in [0.2, 0.25) is 0 Å². The zero-order valence-electron chi connectivity index (χ0n) is 14.9. The molecule has 22 heavy (non-hydrogen) atoms. The summed E-state index contributed by atoms with van der Waals surface area (Å²) < 4.78 is 21.5. The SMILES string of the molecule is CC(=N[S+]([O-])C(C)(C)C)C1CCN(C(=O)OC(C)(C)C)CC1. The molecule has 0 aromatic carbocycles. The van der Waals surface area contributed by atoms with Gasteiger partial charge in [-0.3, -0.25) is 0 Å². The Morgan fingerprint density at radius 3 is 2.09 bits per heavy atom. The lowest BCUT2D eigenvalue weighted by Crippen LogP contribution is -2.42. The van der Waals surface area contributed by atoms with Crippen LogP contribution in [0.15, 0.2) is 4.40 Å². The second-order valence-corrected chi connectivity index (χ2v) is 9.74. The normalized spacial score (nSPS) is 20.0. The number of hydrogen-bond donors (Lipinski definition) is 0. The number of carbonyl (C=O) groups is 1. The maximum atomic E-state index is 12.1. The molecule has 0 aromatic rings. The van der Waals surface area contributed by atoms with Crippen LogP contribution in [0.2, 0.25) is 0 Å². The summed E-state index contributed by atoms with van der Waals surface area (Å²) in [6, 6.07) is 0. The molecule has 0 bridgehead atoms. The number of carbonyl (C=O) groups excluding carboxylic acids is 1. The summed E-state index contributed by atoms with van der Waals surface area (Å²) >= 11 is -1.22. The van der Waals surface area contributed by atoms with Crippen molar-refractivity contribution in [2.75, 3.05) is 13.1 Å². The second kappa shape index (κ2) is 7.21. The summed E-state index contributed by atoms with van der Waals surface area (Å²) in [6.07, 6.45) is 1.44. The minimum atomic E-state index is -1.22. The van der Waals surface area contributed by atoms with Gasteiger partial charge in [0.05, 0.1) is 5.71 Å². The maximum Gasteiger partial charge on any atom is 0.410 e. The zero-order valence-corrected chi connectivity index (χ0v) is 15.7. The highest BCUT2D eigenvalue weighted by molar-refractivity contribution is 7.91. The van der Waals surface area contributed by atoms with Gasteiger partial charge in [-0.2, -0.15) is 0 Å². The molecule has 1 unspecified atom stereocenters. The van der Waals surface area contributed by atoms with Gasteiger partial charge >= 0.3 is 6.09 Å². The molecule has 1 atom stereocenters. The Labute approximate surface area is 137 Å². The van der Waals surface area contributed by atoms with Crippen LogP contribution in [0.3, 0.4) is 0 Å². The van der Waals surface area contributed by atoms with E-state index in [-0.39, 0.29) is 10.8 Å². The van der Waals surface area contributed by atoms with E-state index in [1.165, 1.54) is 0 Å². The van der Waals surface area contributed by atoms with Crippen molar-refractivity contribution in [1.29, 1.82) is 0 Å². The number of hydrogen-bond acceptors (Lipinski definition) is 4. The molecular weight excluding hydrogens is 300 g/mol. The number of nitrogens with zero attached hydrogens (tertiary/aromatic N) is 2. The fourth-order valence-corrected chi connectivity index (χ4v) is 2.83. The van der Waals surface area contributed by atoms with E-state index < -0.39 is 17.0 Å². The smallest absolute Gasteiger partial charge is 0.410 e. The van der Waals surface area contributed by atoms with Crippen LogP contribution in [0, 0.1) is 5.92 Å². The van der Waals surface area contributed by atoms with Crippen LogP contribution in [0.5, 0.6) is 0 Å². The van der Waals surface area contributed by atoms with Gasteiger partial charge in [-0.1, -0.05) is 4.40 Å². The Bertz CT molecular complexity index is 416. The van der Waals surface area contributed by atoms with Crippen LogP contribution >= 0.6 is 0 Å². The number of likely N-dealkylation sites (tertiary alicyclic amines) is 1. The van der Waals surface area contributed by atoms with Gasteiger partial charge in [-0.15, -0.1) is 0 Å². The van der Waals surface area contributed by atoms with E-state index in [1.54, 1.807) is 4.90 Å². The van der Waals surface area contributed by atoms with Crippen LogP contribution < -0.4 is 0 Å². The van der Waals surface area contributed by atoms with E-state index in [2.05, 4.69) is 4.40 Å². The third-order valence-corrected chi connectivity index (χ3v) is 4.99. The Hall–Kier alpha value is -0.750. The summed E-state index contributed by atoms with van der Waals surface area (Å²) in [4.78, 5) is 13.8. The molecule has 0 spiro atoms. The lowest BCUT2D eigenvalue weighted by molar-refractivity contribution is 0.0201. The van der Waals surface area contributed by atoms with Crippen molar-refractivity contribution in [2.45, 2.75) is 71.7 Å². The predicted molar refractivity (Wildman–Crippen MR) is 91.5 cm³/mol. The van der Waals surface area contributed by atoms with Crippen molar-refractivity contribution in [3.05, 3.63) is 0 Å². The van der Waals surface area contributed by atoms with E-state index in [0.717, 1.165) is 18.6 Å². The molecule has 0 saturated carbocycles. The molecular formula is C16H30N2O3S. The molecule has 1 saturated heterocycles. The quantitative estimate of drug-likeness (QED) is 0.574. The van der Waals surface area contributed by atoms with Gasteiger partial charge < -0.3 is 14.2 Å². The lowest BCUT2D eigenvalue weighted by atomic mass is 9.93. The molecule has 0 aliphatic carbocycles. The molecule has 0 aromatic heterocycles. The highest BCUT2D eigenvalue weighted by Crippen LogP contribution is 2.24. The van der Waals surface area contributed by atoms with Gasteiger partial charge in [0.1, 0.15) is 21.7 Å². The fourth-order valence-electron chi connectivity index (χ4n) is 2.15. The van der Waals surface area contributed by atoms with E-state index >= 15 is 0 Å². The van der Waals surface area contributed by atoms with Crippen molar-refractivity contribution in [3.8, 4) is 0 Å². The molecule has 1 aliphatic heterocycles. The van der Waals surface area contributed by atoms with Crippen molar-refractivity contribution < 1.29 is 14.1 Å². The van der Waals surface area contributed by atoms with Crippen LogP contribution in [0.1, 0.15) is 61.3 Å². The average molecular weight is 330 g/mol. The molecule has 1 amide bonds. The van der Waals surface area contributed by atoms with Gasteiger partial charge in [0.25, 0.3) is 0 Å². The second-order valence-electron chi connectivity index (χ2n) is 7.84. The van der Waals surface area contributed by atoms with Crippen LogP contribution in [0.25, 0.3) is 0 Å². The minimum absolute atomic E-state index is 0.251. The van der Waals surface area contributed by atoms with Gasteiger partial charge in [0.15, 0.2) is 0 Å². The van der Waals surface area contributed by atoms with E-state index in [0.29, 0.717) is 19.0 Å². The highest BCUT2D eigenvalue weighted by Gasteiger charge is 2.31. The highest BCUT2D eigenvalue weighted by atomic mass is 32.2. The molecule has 6 heteroatoms. The van der Waals surface area contributed by atoms with Crippen LogP contribution in [-0.4, -0.2) is 44.7 Å². The fraction of sp³-hybridized carbons (Fsp3) is 0.875. The van der Waals surface area contributed by atoms with E-state index in [4.69, 9.17) is 4.74 Å². The van der Waals surface area contributed by atoms with Crippen molar-refractivity contribution >= 4 is 23.2 Å². The Morgan fingerprint density at radius 2 is 1.68 bits per heavy atom. The summed E-state index contributed by atoms with van der Waals surface area (Å²) in [7, 11) is 0. The predicted octanol–water partition coefficient (Wildman–Crippen LogP) is 3.56. The van der Waals surface area contributed by atoms with E-state index in [1.807, 2.05) is 48.5 Å². The minimum Gasteiger partial charge on any atom is -0.591 e. The molecule has 1 rings (SSSR count). The lowest BCUT2D eigenvalue weighted by Gasteiger charge is -2.33. The first kappa shape index (κ1) is 19.3. The number of piperidine rings is 1. The summed E-state index contributed by atoms with van der Waals surface area (Å²) in [5, 5.41) is 0. The molecule has 0 N–H and O–H groups in total. The molecule has 128 valence electrons. The Morgan fingerprint density at radius 1 is 1.18 bits per heavy atom. The summed E-state index contributed by atoms with van der Waals surface area (Å²) in [5.41, 5.74) is 0.464. The van der Waals surface area contributed by atoms with Crippen molar-refractivity contribution in [3.63, 3.8) is 0 Å². The zero-order chi connectivity index (χ0) is 17.1. The van der Waals surface area contributed by atoms with Crippen LogP contribution in [0.4, 0.5) is 4.79 Å². The van der Waals surface area contributed by atoms with Crippen molar-refractivity contribution in [2.24, 2.45) is 10.3 Å². The third kappa shape index (κ3) is 6.16. The number of amides is 1. The van der Waals surface area contributed by atoms with Crippen molar-refractivity contribution in [1.82, 2.24) is 4.90 Å². The molecule has 1 heterocycles. The van der Waals surface area contributed by atoms with Gasteiger partial charge in [-0.25, -0.2) is 4.79 Å². The molecule has 0 radical (unpaired) electrons. The van der Waals surface area contributed by atoms with Gasteiger partial charge in [0, 0.05) is 19.0 Å².